The SMILES string of the molecule is C[N+]1(NC(=O)c2ccc([O-])cc2)CCN(C2=Nc3cc(Cl)ccc3Nc3ccccc32)CC1. The number of fused-ring (bicyclic) bond motifs is 2. The molecule has 3 aromatic rings. The van der Waals surface area contributed by atoms with Crippen LogP contribution in [0, 0.1) is 0 Å². The fourth-order valence-corrected chi connectivity index (χ4v) is 4.36. The number of piperazine rings is 1. The van der Waals surface area contributed by atoms with Crippen LogP contribution >= 0.6 is 11.6 Å². The molecule has 1 saturated heterocycles. The summed E-state index contributed by atoms with van der Waals surface area (Å²) in [5, 5.41) is 15.4. The number of quaternary nitrogens is 1. The second-order valence-electron chi connectivity index (χ2n) is 8.56. The van der Waals surface area contributed by atoms with Gasteiger partial charge in [0.05, 0.1) is 31.5 Å². The van der Waals surface area contributed by atoms with Gasteiger partial charge in [0.1, 0.15) is 18.9 Å². The minimum absolute atomic E-state index is 0.109. The fraction of sp³-hybridized carbons (Fsp3) is 0.200. The number of hydrogen-bond acceptors (Lipinski definition) is 5. The molecule has 2 heterocycles. The molecule has 0 aromatic heterocycles. The molecule has 0 saturated carbocycles. The van der Waals surface area contributed by atoms with Crippen LogP contribution in [0.4, 0.5) is 17.1 Å². The number of likely N-dealkylation sites (N-methyl/N-ethyl adjacent to an activating group) is 1. The van der Waals surface area contributed by atoms with Gasteiger partial charge in [-0.05, 0) is 42.5 Å². The summed E-state index contributed by atoms with van der Waals surface area (Å²) >= 11 is 6.25. The first kappa shape index (κ1) is 21.3. The number of nitrogens with one attached hydrogen (secondary N) is 2. The number of halogens is 1. The minimum atomic E-state index is -0.184. The maximum Gasteiger partial charge on any atom is 0.295 e. The summed E-state index contributed by atoms with van der Waals surface area (Å²) in [6.07, 6.45) is 0. The highest BCUT2D eigenvalue weighted by Gasteiger charge is 2.34. The Balaban J connectivity index is 1.37. The number of anilines is 2. The molecule has 2 N–H and O–H groups in total. The summed E-state index contributed by atoms with van der Waals surface area (Å²) in [6, 6.07) is 19.7. The van der Waals surface area contributed by atoms with Gasteiger partial charge in [0.25, 0.3) is 5.91 Å². The lowest BCUT2D eigenvalue weighted by atomic mass is 10.1. The second-order valence-corrected chi connectivity index (χ2v) is 9.00. The summed E-state index contributed by atoms with van der Waals surface area (Å²) in [6.45, 7) is 2.86. The molecular formula is C25H24ClN5O2. The third-order valence-electron chi connectivity index (χ3n) is 6.14. The van der Waals surface area contributed by atoms with E-state index >= 15 is 0 Å². The molecule has 7 nitrogen and oxygen atoms in total. The van der Waals surface area contributed by atoms with Crippen molar-refractivity contribution in [3.63, 3.8) is 0 Å². The van der Waals surface area contributed by atoms with Gasteiger partial charge in [-0.2, -0.15) is 5.43 Å². The van der Waals surface area contributed by atoms with Crippen LogP contribution in [0.15, 0.2) is 71.7 Å². The van der Waals surface area contributed by atoms with Crippen LogP contribution in [-0.2, 0) is 0 Å². The first-order chi connectivity index (χ1) is 15.9. The zero-order chi connectivity index (χ0) is 23.0. The van der Waals surface area contributed by atoms with Gasteiger partial charge in [-0.1, -0.05) is 35.9 Å². The van der Waals surface area contributed by atoms with E-state index in [0.29, 0.717) is 28.3 Å². The van der Waals surface area contributed by atoms with Gasteiger partial charge in [-0.15, -0.1) is 5.75 Å². The number of aliphatic imine (C=N–C) groups is 1. The summed E-state index contributed by atoms with van der Waals surface area (Å²) in [5.41, 5.74) is 7.33. The zero-order valence-corrected chi connectivity index (χ0v) is 19.0. The van der Waals surface area contributed by atoms with Crippen molar-refractivity contribution >= 4 is 40.4 Å². The van der Waals surface area contributed by atoms with Gasteiger partial charge in [-0.3, -0.25) is 4.79 Å². The Bertz CT molecular complexity index is 1230. The predicted molar refractivity (Wildman–Crippen MR) is 128 cm³/mol. The molecule has 33 heavy (non-hydrogen) atoms. The average Bonchev–Trinajstić information content (AvgIpc) is 2.96. The Labute approximate surface area is 197 Å². The van der Waals surface area contributed by atoms with E-state index in [4.69, 9.17) is 16.6 Å². The lowest BCUT2D eigenvalue weighted by molar-refractivity contribution is -0.946. The standard InChI is InChI=1S/C25H24ClN5O2/c1-31(29-25(33)17-6-9-19(32)10-7-17)14-12-30(13-15-31)24-20-4-2-3-5-21(20)27-22-11-8-18(26)16-23(22)28-24/h2-11,16H,12-15H2,1H3,(H2-,27,28,29,32,33). The Kier molecular flexibility index (Phi) is 5.44. The van der Waals surface area contributed by atoms with Crippen molar-refractivity contribution in [1.82, 2.24) is 10.3 Å². The van der Waals surface area contributed by atoms with E-state index in [-0.39, 0.29) is 11.7 Å². The summed E-state index contributed by atoms with van der Waals surface area (Å²) in [4.78, 5) is 20.0. The molecule has 1 amide bonds. The first-order valence-corrected chi connectivity index (χ1v) is 11.2. The van der Waals surface area contributed by atoms with Crippen LogP contribution in [0.2, 0.25) is 5.02 Å². The molecular weight excluding hydrogens is 438 g/mol. The van der Waals surface area contributed by atoms with E-state index in [1.165, 1.54) is 12.1 Å². The average molecular weight is 462 g/mol. The van der Waals surface area contributed by atoms with Crippen LogP contribution < -0.4 is 15.8 Å². The smallest absolute Gasteiger partial charge is 0.295 e. The van der Waals surface area contributed by atoms with E-state index in [1.54, 1.807) is 12.1 Å². The summed E-state index contributed by atoms with van der Waals surface area (Å²) in [7, 11) is 2.01. The lowest BCUT2D eigenvalue weighted by Gasteiger charge is -2.42. The first-order valence-electron chi connectivity index (χ1n) is 10.8. The van der Waals surface area contributed by atoms with E-state index in [1.807, 2.05) is 43.4 Å². The topological polar surface area (TPSA) is 79.8 Å². The van der Waals surface area contributed by atoms with Crippen molar-refractivity contribution in [3.05, 3.63) is 82.9 Å². The van der Waals surface area contributed by atoms with E-state index in [2.05, 4.69) is 21.7 Å². The van der Waals surface area contributed by atoms with Crippen LogP contribution in [0.25, 0.3) is 0 Å². The van der Waals surface area contributed by atoms with Crippen molar-refractivity contribution in [2.24, 2.45) is 4.99 Å². The second kappa shape index (κ2) is 8.42. The molecule has 0 radical (unpaired) electrons. The minimum Gasteiger partial charge on any atom is -0.872 e. The number of nitrogens with zero attached hydrogens (tertiary/aromatic N) is 3. The van der Waals surface area contributed by atoms with Gasteiger partial charge in [-0.25, -0.2) is 9.58 Å². The molecule has 2 aliphatic heterocycles. The van der Waals surface area contributed by atoms with Crippen molar-refractivity contribution in [2.45, 2.75) is 0 Å². The maximum absolute atomic E-state index is 12.7. The number of para-hydroxylation sites is 1. The normalized spacial score (nSPS) is 16.5. The zero-order valence-electron chi connectivity index (χ0n) is 18.2. The number of benzene rings is 3. The van der Waals surface area contributed by atoms with Gasteiger partial charge < -0.3 is 15.3 Å². The number of rotatable bonds is 2. The fourth-order valence-electron chi connectivity index (χ4n) is 4.20. The number of hydrogen-bond donors (Lipinski definition) is 2. The highest BCUT2D eigenvalue weighted by Crippen LogP contribution is 2.36. The van der Waals surface area contributed by atoms with Crippen LogP contribution in [0.1, 0.15) is 15.9 Å². The maximum atomic E-state index is 12.7. The molecule has 8 heteroatoms. The molecule has 1 fully saturated rings. The van der Waals surface area contributed by atoms with Crippen molar-refractivity contribution in [1.29, 1.82) is 0 Å². The Morgan fingerprint density at radius 3 is 2.55 bits per heavy atom. The van der Waals surface area contributed by atoms with Gasteiger partial charge in [0, 0.05) is 21.8 Å². The van der Waals surface area contributed by atoms with Gasteiger partial charge in [0.2, 0.25) is 0 Å². The monoisotopic (exact) mass is 461 g/mol. The van der Waals surface area contributed by atoms with E-state index < -0.39 is 0 Å². The molecule has 168 valence electrons. The number of amides is 1. The van der Waals surface area contributed by atoms with Crippen molar-refractivity contribution < 1.29 is 14.5 Å². The molecule has 3 aromatic carbocycles. The largest absolute Gasteiger partial charge is 0.872 e. The molecule has 0 spiro atoms. The molecule has 0 bridgehead atoms. The van der Waals surface area contributed by atoms with Crippen LogP contribution in [0.5, 0.6) is 5.75 Å². The Hall–Kier alpha value is -3.55. The number of amidine groups is 1. The molecule has 0 atom stereocenters. The van der Waals surface area contributed by atoms with Crippen molar-refractivity contribution in [2.75, 3.05) is 38.5 Å². The van der Waals surface area contributed by atoms with Crippen molar-refractivity contribution in [3.8, 4) is 5.75 Å². The summed E-state index contributed by atoms with van der Waals surface area (Å²) < 4.78 is 0.407. The third kappa shape index (κ3) is 4.37. The molecule has 0 aliphatic carbocycles. The van der Waals surface area contributed by atoms with Gasteiger partial charge in [0.15, 0.2) is 0 Å². The highest BCUT2D eigenvalue weighted by molar-refractivity contribution is 6.31. The third-order valence-corrected chi connectivity index (χ3v) is 6.37. The molecule has 5 rings (SSSR count). The van der Waals surface area contributed by atoms with Gasteiger partial charge >= 0.3 is 0 Å². The number of carbonyl (C=O) groups is 1. The van der Waals surface area contributed by atoms with Crippen LogP contribution in [0.3, 0.4) is 0 Å². The number of carbonyl (C=O) groups excluding carboxylic acids is 1. The Morgan fingerprint density at radius 1 is 1.06 bits per heavy atom. The quantitative estimate of drug-likeness (QED) is 0.571. The lowest BCUT2D eigenvalue weighted by Crippen LogP contribution is -2.65. The van der Waals surface area contributed by atoms with Crippen LogP contribution in [-0.4, -0.2) is 54.5 Å². The predicted octanol–water partition coefficient (Wildman–Crippen LogP) is 3.66. The summed E-state index contributed by atoms with van der Waals surface area (Å²) in [5.74, 6) is 0.598. The molecule has 2 aliphatic rings. The van der Waals surface area contributed by atoms with E-state index in [9.17, 15) is 9.90 Å². The Morgan fingerprint density at radius 2 is 1.79 bits per heavy atom. The highest BCUT2D eigenvalue weighted by atomic mass is 35.5. The molecule has 0 unspecified atom stereocenters. The van der Waals surface area contributed by atoms with E-state index in [0.717, 1.165) is 41.6 Å².